The Balaban J connectivity index is 1.75. The first kappa shape index (κ1) is 15.7. The molecule has 0 bridgehead atoms. The molecule has 124 valence electrons. The van der Waals surface area contributed by atoms with Crippen LogP contribution in [0.5, 0.6) is 0 Å². The normalized spacial score (nSPS) is 24.0. The van der Waals surface area contributed by atoms with Gasteiger partial charge in [-0.15, -0.1) is 0 Å². The third kappa shape index (κ3) is 3.61. The third-order valence-corrected chi connectivity index (χ3v) is 4.51. The van der Waals surface area contributed by atoms with Crippen molar-refractivity contribution < 1.29 is 14.5 Å². The number of nitrogens with zero attached hydrogens (tertiary/aromatic N) is 1. The molecule has 2 atom stereocenters. The summed E-state index contributed by atoms with van der Waals surface area (Å²) >= 11 is 0. The molecule has 1 aromatic rings. The lowest BCUT2D eigenvalue weighted by atomic mass is 9.99. The van der Waals surface area contributed by atoms with Crippen molar-refractivity contribution in [3.8, 4) is 0 Å². The number of hydrogen-bond donors (Lipinski definition) is 2. The quantitative estimate of drug-likeness (QED) is 0.642. The van der Waals surface area contributed by atoms with Gasteiger partial charge in [0, 0.05) is 31.3 Å². The molecule has 0 aromatic heterocycles. The van der Waals surface area contributed by atoms with E-state index < -0.39 is 4.92 Å². The third-order valence-electron chi connectivity index (χ3n) is 4.51. The van der Waals surface area contributed by atoms with Gasteiger partial charge in [0.25, 0.3) is 11.6 Å². The molecule has 1 heterocycles. The largest absolute Gasteiger partial charge is 0.378 e. The number of rotatable bonds is 5. The highest BCUT2D eigenvalue weighted by atomic mass is 16.6. The van der Waals surface area contributed by atoms with E-state index in [-0.39, 0.29) is 29.3 Å². The van der Waals surface area contributed by atoms with Crippen LogP contribution in [0.4, 0.5) is 11.4 Å². The summed E-state index contributed by atoms with van der Waals surface area (Å²) in [5, 5.41) is 17.1. The molecule has 2 fully saturated rings. The van der Waals surface area contributed by atoms with E-state index in [1.165, 1.54) is 26.0 Å². The average molecular weight is 319 g/mol. The molecular weight excluding hydrogens is 298 g/mol. The van der Waals surface area contributed by atoms with Crippen LogP contribution in [0.15, 0.2) is 18.2 Å². The molecule has 23 heavy (non-hydrogen) atoms. The fourth-order valence-corrected chi connectivity index (χ4v) is 3.07. The minimum atomic E-state index is -0.452. The number of hydrogen-bond acceptors (Lipinski definition) is 5. The van der Waals surface area contributed by atoms with E-state index in [0.717, 1.165) is 12.8 Å². The first-order valence-corrected chi connectivity index (χ1v) is 7.97. The second kappa shape index (κ2) is 6.54. The van der Waals surface area contributed by atoms with Crippen LogP contribution < -0.4 is 10.6 Å². The van der Waals surface area contributed by atoms with Gasteiger partial charge in [-0.3, -0.25) is 14.9 Å². The summed E-state index contributed by atoms with van der Waals surface area (Å²) in [6, 6.07) is 4.70. The molecule has 0 radical (unpaired) electrons. The highest BCUT2D eigenvalue weighted by Crippen LogP contribution is 2.39. The lowest BCUT2D eigenvalue weighted by Crippen LogP contribution is -2.35. The number of nitrogens with one attached hydrogen (secondary N) is 2. The Kier molecular flexibility index (Phi) is 4.47. The Labute approximate surface area is 134 Å². The van der Waals surface area contributed by atoms with Crippen molar-refractivity contribution in [2.45, 2.75) is 37.8 Å². The monoisotopic (exact) mass is 319 g/mol. The minimum absolute atomic E-state index is 0.0689. The maximum absolute atomic E-state index is 11.6. The number of nitro groups is 1. The number of nitro benzene ring substituents is 1. The van der Waals surface area contributed by atoms with Crippen LogP contribution in [0.3, 0.4) is 0 Å². The zero-order valence-electron chi connectivity index (χ0n) is 13.1. The molecular formula is C16H21N3O4. The fraction of sp³-hybridized carbons (Fsp3) is 0.562. The summed E-state index contributed by atoms with van der Waals surface area (Å²) in [6.45, 7) is 0.683. The first-order valence-electron chi connectivity index (χ1n) is 7.97. The zero-order chi connectivity index (χ0) is 16.4. The lowest BCUT2D eigenvalue weighted by Gasteiger charge is -2.30. The van der Waals surface area contributed by atoms with E-state index in [4.69, 9.17) is 4.74 Å². The van der Waals surface area contributed by atoms with E-state index in [0.29, 0.717) is 18.2 Å². The van der Waals surface area contributed by atoms with Gasteiger partial charge in [0.05, 0.1) is 11.0 Å². The minimum Gasteiger partial charge on any atom is -0.378 e. The van der Waals surface area contributed by atoms with Gasteiger partial charge in [-0.05, 0) is 43.7 Å². The molecule has 1 saturated heterocycles. The number of anilines is 1. The van der Waals surface area contributed by atoms with E-state index in [1.807, 2.05) is 0 Å². The highest BCUT2D eigenvalue weighted by Gasteiger charge is 2.36. The van der Waals surface area contributed by atoms with Crippen molar-refractivity contribution in [2.75, 3.05) is 19.0 Å². The van der Waals surface area contributed by atoms with Crippen molar-refractivity contribution in [1.82, 2.24) is 5.32 Å². The predicted octanol–water partition coefficient (Wildman–Crippen LogP) is 2.32. The summed E-state index contributed by atoms with van der Waals surface area (Å²) in [5.74, 6) is 0.324. The smallest absolute Gasteiger partial charge is 0.293 e. The van der Waals surface area contributed by atoms with Crippen molar-refractivity contribution in [3.05, 3.63) is 33.9 Å². The number of ether oxygens (including phenoxy) is 1. The molecule has 7 nitrogen and oxygen atoms in total. The molecule has 1 aliphatic heterocycles. The van der Waals surface area contributed by atoms with E-state index in [1.54, 1.807) is 12.1 Å². The summed E-state index contributed by atoms with van der Waals surface area (Å²) in [5.41, 5.74) is 0.678. The van der Waals surface area contributed by atoms with E-state index in [2.05, 4.69) is 10.6 Å². The van der Waals surface area contributed by atoms with E-state index >= 15 is 0 Å². The molecule has 0 spiro atoms. The fourth-order valence-electron chi connectivity index (χ4n) is 3.07. The molecule has 2 aliphatic rings. The summed E-state index contributed by atoms with van der Waals surface area (Å²) in [4.78, 5) is 22.5. The van der Waals surface area contributed by atoms with Crippen LogP contribution in [0, 0.1) is 16.0 Å². The summed E-state index contributed by atoms with van der Waals surface area (Å²) < 4.78 is 5.79. The van der Waals surface area contributed by atoms with Crippen LogP contribution >= 0.6 is 0 Å². The highest BCUT2D eigenvalue weighted by molar-refractivity contribution is 5.95. The Bertz CT molecular complexity index is 615. The summed E-state index contributed by atoms with van der Waals surface area (Å²) in [7, 11) is 1.50. The van der Waals surface area contributed by atoms with Gasteiger partial charge in [-0.1, -0.05) is 0 Å². The molecule has 7 heteroatoms. The molecule has 1 saturated carbocycles. The molecule has 1 aromatic carbocycles. The van der Waals surface area contributed by atoms with Crippen LogP contribution in [-0.4, -0.2) is 36.6 Å². The maximum Gasteiger partial charge on any atom is 0.293 e. The second-order valence-electron chi connectivity index (χ2n) is 6.18. The van der Waals surface area contributed by atoms with Gasteiger partial charge < -0.3 is 15.4 Å². The SMILES string of the molecule is CNC(=O)c1ccc(NC2CCOC(C3CC3)C2)c([N+](=O)[O-])c1. The van der Waals surface area contributed by atoms with Crippen molar-refractivity contribution in [2.24, 2.45) is 5.92 Å². The van der Waals surface area contributed by atoms with Crippen molar-refractivity contribution in [1.29, 1.82) is 0 Å². The maximum atomic E-state index is 11.6. The van der Waals surface area contributed by atoms with Gasteiger partial charge in [0.1, 0.15) is 5.69 Å². The van der Waals surface area contributed by atoms with Crippen LogP contribution in [0.2, 0.25) is 0 Å². The van der Waals surface area contributed by atoms with E-state index in [9.17, 15) is 14.9 Å². The van der Waals surface area contributed by atoms with Gasteiger partial charge in [0.15, 0.2) is 0 Å². The summed E-state index contributed by atoms with van der Waals surface area (Å²) in [6.07, 6.45) is 4.42. The van der Waals surface area contributed by atoms with Gasteiger partial charge in [0.2, 0.25) is 0 Å². The van der Waals surface area contributed by atoms with Crippen LogP contribution in [-0.2, 0) is 4.74 Å². The molecule has 3 rings (SSSR count). The average Bonchev–Trinajstić information content (AvgIpc) is 3.39. The molecule has 2 unspecified atom stereocenters. The Morgan fingerprint density at radius 2 is 2.13 bits per heavy atom. The topological polar surface area (TPSA) is 93.5 Å². The Morgan fingerprint density at radius 3 is 2.78 bits per heavy atom. The molecule has 2 N–H and O–H groups in total. The van der Waals surface area contributed by atoms with Crippen molar-refractivity contribution in [3.63, 3.8) is 0 Å². The lowest BCUT2D eigenvalue weighted by molar-refractivity contribution is -0.384. The number of amides is 1. The number of carbonyl (C=O) groups excluding carboxylic acids is 1. The standard InChI is InChI=1S/C16H21N3O4/c1-17-16(20)11-4-5-13(14(8-11)19(21)22)18-12-6-7-23-15(9-12)10-2-3-10/h4-5,8,10,12,15,18H,2-3,6-7,9H2,1H3,(H,17,20). The predicted molar refractivity (Wildman–Crippen MR) is 85.6 cm³/mol. The number of benzene rings is 1. The second-order valence-corrected chi connectivity index (χ2v) is 6.18. The number of carbonyl (C=O) groups is 1. The van der Waals surface area contributed by atoms with Gasteiger partial charge in [-0.25, -0.2) is 0 Å². The van der Waals surface area contributed by atoms with Gasteiger partial charge >= 0.3 is 0 Å². The zero-order valence-corrected chi connectivity index (χ0v) is 13.1. The van der Waals surface area contributed by atoms with Crippen LogP contribution in [0.1, 0.15) is 36.0 Å². The first-order chi connectivity index (χ1) is 11.1. The molecule has 1 aliphatic carbocycles. The Morgan fingerprint density at radius 1 is 1.35 bits per heavy atom. The van der Waals surface area contributed by atoms with Crippen LogP contribution in [0.25, 0.3) is 0 Å². The van der Waals surface area contributed by atoms with Crippen molar-refractivity contribution >= 4 is 17.3 Å². The van der Waals surface area contributed by atoms with Gasteiger partial charge in [-0.2, -0.15) is 0 Å². The molecule has 1 amide bonds. The Hall–Kier alpha value is -2.15.